The van der Waals surface area contributed by atoms with E-state index in [0.29, 0.717) is 18.8 Å². The summed E-state index contributed by atoms with van der Waals surface area (Å²) >= 11 is 5.18. The first-order valence-electron chi connectivity index (χ1n) is 11.2. The van der Waals surface area contributed by atoms with E-state index in [1.165, 1.54) is 18.2 Å². The van der Waals surface area contributed by atoms with Crippen LogP contribution in [0, 0.1) is 5.82 Å². The zero-order valence-corrected chi connectivity index (χ0v) is 19.8. The first kappa shape index (κ1) is 24.1. The number of amides is 2. The lowest BCUT2D eigenvalue weighted by atomic mass is 10.2. The van der Waals surface area contributed by atoms with Crippen LogP contribution in [0.15, 0.2) is 84.9 Å². The van der Waals surface area contributed by atoms with Gasteiger partial charge in [0.2, 0.25) is 5.91 Å². The van der Waals surface area contributed by atoms with Gasteiger partial charge in [0.25, 0.3) is 5.91 Å². The number of anilines is 2. The molecule has 0 radical (unpaired) electrons. The van der Waals surface area contributed by atoms with Crippen LogP contribution in [0.5, 0.6) is 0 Å². The third-order valence-electron chi connectivity index (χ3n) is 5.65. The SMILES string of the molecule is O=C(NC(=S)Nc1ccc(N2CCN(C(=O)/C=C/c3ccccc3)CC2)cc1)c1ccccc1F. The topological polar surface area (TPSA) is 64.7 Å². The van der Waals surface area contributed by atoms with Gasteiger partial charge < -0.3 is 15.1 Å². The summed E-state index contributed by atoms with van der Waals surface area (Å²) in [5, 5.41) is 5.51. The molecular weight excluding hydrogens is 463 g/mol. The Morgan fingerprint density at radius 1 is 0.857 bits per heavy atom. The molecule has 0 aliphatic carbocycles. The normalized spacial score (nSPS) is 13.5. The number of halogens is 1. The van der Waals surface area contributed by atoms with E-state index >= 15 is 0 Å². The molecule has 2 N–H and O–H groups in total. The molecule has 0 saturated carbocycles. The Morgan fingerprint density at radius 3 is 2.20 bits per heavy atom. The molecule has 3 aromatic rings. The number of nitrogens with zero attached hydrogens (tertiary/aromatic N) is 2. The summed E-state index contributed by atoms with van der Waals surface area (Å²) in [6.07, 6.45) is 3.46. The molecule has 1 heterocycles. The third-order valence-corrected chi connectivity index (χ3v) is 5.85. The minimum atomic E-state index is -0.608. The maximum Gasteiger partial charge on any atom is 0.260 e. The fraction of sp³-hybridized carbons (Fsp3) is 0.148. The molecule has 0 spiro atoms. The molecule has 0 unspecified atom stereocenters. The monoisotopic (exact) mass is 488 g/mol. The Labute approximate surface area is 209 Å². The summed E-state index contributed by atoms with van der Waals surface area (Å²) in [4.78, 5) is 28.8. The number of benzene rings is 3. The first-order chi connectivity index (χ1) is 17.0. The first-order valence-corrected chi connectivity index (χ1v) is 11.6. The molecule has 1 aliphatic rings. The van der Waals surface area contributed by atoms with E-state index in [1.54, 1.807) is 12.1 Å². The number of nitrogens with one attached hydrogen (secondary N) is 2. The van der Waals surface area contributed by atoms with Crippen LogP contribution in [0.25, 0.3) is 6.08 Å². The highest BCUT2D eigenvalue weighted by Crippen LogP contribution is 2.20. The molecule has 1 aliphatic heterocycles. The van der Waals surface area contributed by atoms with Gasteiger partial charge in [-0.3, -0.25) is 14.9 Å². The Morgan fingerprint density at radius 2 is 1.51 bits per heavy atom. The van der Waals surface area contributed by atoms with Gasteiger partial charge in [0.15, 0.2) is 5.11 Å². The summed E-state index contributed by atoms with van der Waals surface area (Å²) in [6.45, 7) is 2.75. The van der Waals surface area contributed by atoms with Crippen molar-refractivity contribution in [1.82, 2.24) is 10.2 Å². The second kappa shape index (κ2) is 11.4. The van der Waals surface area contributed by atoms with Crippen LogP contribution >= 0.6 is 12.2 Å². The van der Waals surface area contributed by atoms with Gasteiger partial charge in [-0.05, 0) is 60.3 Å². The van der Waals surface area contributed by atoms with E-state index < -0.39 is 11.7 Å². The van der Waals surface area contributed by atoms with E-state index in [9.17, 15) is 14.0 Å². The quantitative estimate of drug-likeness (QED) is 0.414. The molecule has 8 heteroatoms. The van der Waals surface area contributed by atoms with Crippen molar-refractivity contribution in [2.45, 2.75) is 0 Å². The van der Waals surface area contributed by atoms with Gasteiger partial charge in [-0.2, -0.15) is 0 Å². The van der Waals surface area contributed by atoms with Crippen LogP contribution < -0.4 is 15.5 Å². The smallest absolute Gasteiger partial charge is 0.260 e. The van der Waals surface area contributed by atoms with Crippen molar-refractivity contribution in [3.8, 4) is 0 Å². The van der Waals surface area contributed by atoms with Crippen LogP contribution in [0.4, 0.5) is 15.8 Å². The summed E-state index contributed by atoms with van der Waals surface area (Å²) < 4.78 is 13.8. The predicted molar refractivity (Wildman–Crippen MR) is 141 cm³/mol. The van der Waals surface area contributed by atoms with Crippen LogP contribution in [0.3, 0.4) is 0 Å². The van der Waals surface area contributed by atoms with Crippen LogP contribution in [0.1, 0.15) is 15.9 Å². The zero-order chi connectivity index (χ0) is 24.6. The molecule has 4 rings (SSSR count). The van der Waals surface area contributed by atoms with E-state index in [-0.39, 0.29) is 16.6 Å². The van der Waals surface area contributed by atoms with E-state index in [1.807, 2.05) is 65.6 Å². The van der Waals surface area contributed by atoms with E-state index in [4.69, 9.17) is 12.2 Å². The molecule has 6 nitrogen and oxygen atoms in total. The molecule has 0 atom stereocenters. The van der Waals surface area contributed by atoms with E-state index in [0.717, 1.165) is 24.3 Å². The third kappa shape index (κ3) is 6.51. The summed E-state index contributed by atoms with van der Waals surface area (Å²) in [6, 6.07) is 23.1. The molecule has 178 valence electrons. The van der Waals surface area contributed by atoms with Gasteiger partial charge in [-0.25, -0.2) is 4.39 Å². The maximum absolute atomic E-state index is 13.8. The molecule has 3 aromatic carbocycles. The Bertz CT molecular complexity index is 1220. The Hall–Kier alpha value is -4.04. The van der Waals surface area contributed by atoms with Gasteiger partial charge in [0.1, 0.15) is 5.82 Å². The molecular formula is C27H25FN4O2S. The van der Waals surface area contributed by atoms with Gasteiger partial charge >= 0.3 is 0 Å². The van der Waals surface area contributed by atoms with E-state index in [2.05, 4.69) is 15.5 Å². The zero-order valence-electron chi connectivity index (χ0n) is 19.0. The number of rotatable bonds is 5. The molecule has 1 fully saturated rings. The number of thiocarbonyl (C=S) groups is 1. The fourth-order valence-corrected chi connectivity index (χ4v) is 3.97. The number of piperazine rings is 1. The van der Waals surface area contributed by atoms with Crippen molar-refractivity contribution in [1.29, 1.82) is 0 Å². The van der Waals surface area contributed by atoms with Crippen molar-refractivity contribution < 1.29 is 14.0 Å². The van der Waals surface area contributed by atoms with Crippen LogP contribution in [0.2, 0.25) is 0 Å². The minimum Gasteiger partial charge on any atom is -0.368 e. The van der Waals surface area contributed by atoms with Crippen molar-refractivity contribution in [2.24, 2.45) is 0 Å². The highest BCUT2D eigenvalue weighted by atomic mass is 32.1. The highest BCUT2D eigenvalue weighted by Gasteiger charge is 2.20. The van der Waals surface area contributed by atoms with Crippen molar-refractivity contribution >= 4 is 46.6 Å². The standard InChI is InChI=1S/C27H25FN4O2S/c28-24-9-5-4-8-23(24)26(34)30-27(35)29-21-11-13-22(14-12-21)31-16-18-32(19-17-31)25(33)15-10-20-6-2-1-3-7-20/h1-15H,16-19H2,(H2,29,30,34,35)/b15-10+. The average molecular weight is 489 g/mol. The number of carbonyl (C=O) groups is 2. The highest BCUT2D eigenvalue weighted by molar-refractivity contribution is 7.80. The summed E-state index contributed by atoms with van der Waals surface area (Å²) in [7, 11) is 0. The number of carbonyl (C=O) groups excluding carboxylic acids is 2. The number of hydrogen-bond acceptors (Lipinski definition) is 4. The Kier molecular flexibility index (Phi) is 7.84. The molecule has 0 aromatic heterocycles. The minimum absolute atomic E-state index is 0.0130. The largest absolute Gasteiger partial charge is 0.368 e. The molecule has 0 bridgehead atoms. The average Bonchev–Trinajstić information content (AvgIpc) is 2.88. The van der Waals surface area contributed by atoms with Gasteiger partial charge in [0.05, 0.1) is 5.56 Å². The lowest BCUT2D eigenvalue weighted by Crippen LogP contribution is -2.48. The number of hydrogen-bond donors (Lipinski definition) is 2. The maximum atomic E-state index is 13.8. The lowest BCUT2D eigenvalue weighted by molar-refractivity contribution is -0.126. The van der Waals surface area contributed by atoms with Gasteiger partial charge in [-0.15, -0.1) is 0 Å². The fourth-order valence-electron chi connectivity index (χ4n) is 3.76. The lowest BCUT2D eigenvalue weighted by Gasteiger charge is -2.35. The van der Waals surface area contributed by atoms with Crippen LogP contribution in [-0.4, -0.2) is 48.0 Å². The van der Waals surface area contributed by atoms with Crippen molar-refractivity contribution in [3.63, 3.8) is 0 Å². The van der Waals surface area contributed by atoms with Gasteiger partial charge in [-0.1, -0.05) is 42.5 Å². The molecule has 2 amide bonds. The van der Waals surface area contributed by atoms with Crippen LogP contribution in [-0.2, 0) is 4.79 Å². The second-order valence-corrected chi connectivity index (χ2v) is 8.40. The molecule has 1 saturated heterocycles. The summed E-state index contributed by atoms with van der Waals surface area (Å²) in [5.74, 6) is -1.20. The predicted octanol–water partition coefficient (Wildman–Crippen LogP) is 4.31. The van der Waals surface area contributed by atoms with Gasteiger partial charge in [0, 0.05) is 43.6 Å². The van der Waals surface area contributed by atoms with Crippen molar-refractivity contribution in [2.75, 3.05) is 36.4 Å². The molecule has 35 heavy (non-hydrogen) atoms. The Balaban J connectivity index is 1.26. The van der Waals surface area contributed by atoms with Crippen molar-refractivity contribution in [3.05, 3.63) is 102 Å². The second-order valence-electron chi connectivity index (χ2n) is 7.99. The summed E-state index contributed by atoms with van der Waals surface area (Å²) in [5.41, 5.74) is 2.66.